The lowest BCUT2D eigenvalue weighted by atomic mass is 10.1. The Kier molecular flexibility index (Phi) is 6.10. The molecule has 0 saturated heterocycles. The van der Waals surface area contributed by atoms with E-state index in [0.717, 1.165) is 22.5 Å². The van der Waals surface area contributed by atoms with Crippen molar-refractivity contribution < 1.29 is 14.4 Å². The standard InChI is InChI=1S/C21H24N6O3/c1-12-16(13(2)27-20(26-12)17(11-25-27)19(22)29)8-9-18(28)24-10-14-4-6-15(7-5-14)21(30)23-3/h4-7,11H,8-10H2,1-3H3,(H2,22,29)(H,23,30)(H,24,28). The van der Waals surface area contributed by atoms with E-state index in [9.17, 15) is 14.4 Å². The Hall–Kier alpha value is -3.75. The largest absolute Gasteiger partial charge is 0.365 e. The smallest absolute Gasteiger partial charge is 0.254 e. The predicted molar refractivity (Wildman–Crippen MR) is 111 cm³/mol. The maximum Gasteiger partial charge on any atom is 0.254 e. The number of carbonyl (C=O) groups is 3. The maximum absolute atomic E-state index is 12.3. The van der Waals surface area contributed by atoms with Gasteiger partial charge in [-0.3, -0.25) is 14.4 Å². The highest BCUT2D eigenvalue weighted by Gasteiger charge is 2.17. The summed E-state index contributed by atoms with van der Waals surface area (Å²) in [5.41, 5.74) is 10.0. The Morgan fingerprint density at radius 1 is 1.13 bits per heavy atom. The zero-order valence-corrected chi connectivity index (χ0v) is 17.2. The topological polar surface area (TPSA) is 131 Å². The molecule has 0 aliphatic carbocycles. The highest BCUT2D eigenvalue weighted by molar-refractivity contribution is 5.98. The molecule has 0 fully saturated rings. The van der Waals surface area contributed by atoms with Gasteiger partial charge < -0.3 is 16.4 Å². The molecule has 0 aliphatic rings. The van der Waals surface area contributed by atoms with Gasteiger partial charge in [0.15, 0.2) is 5.65 Å². The van der Waals surface area contributed by atoms with E-state index in [-0.39, 0.29) is 23.8 Å². The molecule has 0 bridgehead atoms. The molecule has 9 nitrogen and oxygen atoms in total. The normalized spacial score (nSPS) is 10.8. The number of hydrogen-bond acceptors (Lipinski definition) is 5. The van der Waals surface area contributed by atoms with Crippen molar-refractivity contribution in [2.75, 3.05) is 7.05 Å². The van der Waals surface area contributed by atoms with Gasteiger partial charge in [0.1, 0.15) is 5.56 Å². The number of nitrogens with two attached hydrogens (primary N) is 1. The Bertz CT molecular complexity index is 1120. The number of amides is 3. The third-order valence-electron chi connectivity index (χ3n) is 5.01. The molecule has 1 aromatic carbocycles. The van der Waals surface area contributed by atoms with Crippen LogP contribution in [0.25, 0.3) is 5.65 Å². The van der Waals surface area contributed by atoms with E-state index in [1.54, 1.807) is 23.7 Å². The van der Waals surface area contributed by atoms with Crippen molar-refractivity contribution in [2.45, 2.75) is 33.2 Å². The lowest BCUT2D eigenvalue weighted by Crippen LogP contribution is -2.23. The van der Waals surface area contributed by atoms with E-state index in [0.29, 0.717) is 24.2 Å². The molecule has 2 heterocycles. The minimum atomic E-state index is -0.577. The van der Waals surface area contributed by atoms with Crippen LogP contribution in [0.2, 0.25) is 0 Å². The van der Waals surface area contributed by atoms with Crippen molar-refractivity contribution in [3.8, 4) is 0 Å². The fourth-order valence-electron chi connectivity index (χ4n) is 3.29. The Labute approximate surface area is 173 Å². The number of nitrogens with one attached hydrogen (secondary N) is 2. The third kappa shape index (κ3) is 4.29. The molecular formula is C21H24N6O3. The van der Waals surface area contributed by atoms with Crippen LogP contribution in [0.3, 0.4) is 0 Å². The van der Waals surface area contributed by atoms with Gasteiger partial charge in [-0.25, -0.2) is 9.50 Å². The van der Waals surface area contributed by atoms with E-state index in [1.165, 1.54) is 6.20 Å². The molecule has 0 aliphatic heterocycles. The third-order valence-corrected chi connectivity index (χ3v) is 5.01. The molecule has 3 amide bonds. The molecule has 0 unspecified atom stereocenters. The van der Waals surface area contributed by atoms with Crippen LogP contribution in [-0.4, -0.2) is 39.4 Å². The predicted octanol–water partition coefficient (Wildman–Crippen LogP) is 1.05. The average Bonchev–Trinajstić information content (AvgIpc) is 3.16. The quantitative estimate of drug-likeness (QED) is 0.538. The number of primary amides is 1. The van der Waals surface area contributed by atoms with Crippen molar-refractivity contribution >= 4 is 23.4 Å². The summed E-state index contributed by atoms with van der Waals surface area (Å²) in [4.78, 5) is 39.8. The molecular weight excluding hydrogens is 384 g/mol. The van der Waals surface area contributed by atoms with Gasteiger partial charge in [-0.05, 0) is 43.5 Å². The van der Waals surface area contributed by atoms with Crippen molar-refractivity contribution in [1.29, 1.82) is 0 Å². The van der Waals surface area contributed by atoms with Crippen LogP contribution in [-0.2, 0) is 17.8 Å². The number of benzene rings is 1. The molecule has 9 heteroatoms. The second kappa shape index (κ2) is 8.73. The first-order valence-electron chi connectivity index (χ1n) is 9.53. The molecule has 156 valence electrons. The molecule has 0 spiro atoms. The van der Waals surface area contributed by atoms with Crippen LogP contribution in [0, 0.1) is 13.8 Å². The van der Waals surface area contributed by atoms with Gasteiger partial charge in [0.2, 0.25) is 5.91 Å². The lowest BCUT2D eigenvalue weighted by Gasteiger charge is -2.12. The molecule has 0 saturated carbocycles. The Morgan fingerprint density at radius 2 is 1.83 bits per heavy atom. The van der Waals surface area contributed by atoms with Crippen LogP contribution in [0.15, 0.2) is 30.5 Å². The van der Waals surface area contributed by atoms with Crippen molar-refractivity contribution in [3.63, 3.8) is 0 Å². The van der Waals surface area contributed by atoms with Crippen molar-refractivity contribution in [3.05, 3.63) is 64.1 Å². The number of aromatic nitrogens is 3. The molecule has 0 radical (unpaired) electrons. The summed E-state index contributed by atoms with van der Waals surface area (Å²) in [6.07, 6.45) is 2.19. The summed E-state index contributed by atoms with van der Waals surface area (Å²) in [6.45, 7) is 4.09. The molecule has 2 aromatic heterocycles. The van der Waals surface area contributed by atoms with E-state index >= 15 is 0 Å². The molecule has 4 N–H and O–H groups in total. The van der Waals surface area contributed by atoms with Crippen LogP contribution >= 0.6 is 0 Å². The Balaban J connectivity index is 1.62. The minimum absolute atomic E-state index is 0.0948. The minimum Gasteiger partial charge on any atom is -0.365 e. The fraction of sp³-hybridized carbons (Fsp3) is 0.286. The van der Waals surface area contributed by atoms with Gasteiger partial charge in [0.25, 0.3) is 11.8 Å². The van der Waals surface area contributed by atoms with Gasteiger partial charge >= 0.3 is 0 Å². The fourth-order valence-corrected chi connectivity index (χ4v) is 3.29. The average molecular weight is 408 g/mol. The number of fused-ring (bicyclic) bond motifs is 1. The number of carbonyl (C=O) groups excluding carboxylic acids is 3. The summed E-state index contributed by atoms with van der Waals surface area (Å²) in [6, 6.07) is 7.06. The first-order chi connectivity index (χ1) is 14.3. The van der Waals surface area contributed by atoms with Crippen LogP contribution in [0.5, 0.6) is 0 Å². The maximum atomic E-state index is 12.3. The molecule has 30 heavy (non-hydrogen) atoms. The summed E-state index contributed by atoms with van der Waals surface area (Å²) in [5.74, 6) is -0.823. The molecule has 3 rings (SSSR count). The zero-order chi connectivity index (χ0) is 21.8. The first-order valence-corrected chi connectivity index (χ1v) is 9.53. The highest BCUT2D eigenvalue weighted by atomic mass is 16.2. The summed E-state index contributed by atoms with van der Waals surface area (Å²) >= 11 is 0. The van der Waals surface area contributed by atoms with Crippen LogP contribution in [0.1, 0.15) is 49.7 Å². The summed E-state index contributed by atoms with van der Waals surface area (Å²) < 4.78 is 1.58. The Morgan fingerprint density at radius 3 is 2.47 bits per heavy atom. The molecule has 0 atom stereocenters. The number of aryl methyl sites for hydroxylation is 2. The van der Waals surface area contributed by atoms with Crippen molar-refractivity contribution in [1.82, 2.24) is 25.2 Å². The SMILES string of the molecule is CNC(=O)c1ccc(CNC(=O)CCc2c(C)nc3c(C(N)=O)cnn3c2C)cc1. The van der Waals surface area contributed by atoms with Gasteiger partial charge in [-0.15, -0.1) is 0 Å². The van der Waals surface area contributed by atoms with Gasteiger partial charge in [0.05, 0.1) is 6.20 Å². The van der Waals surface area contributed by atoms with Gasteiger partial charge in [-0.2, -0.15) is 5.10 Å². The second-order valence-corrected chi connectivity index (χ2v) is 6.97. The van der Waals surface area contributed by atoms with Crippen LogP contribution in [0.4, 0.5) is 0 Å². The van der Waals surface area contributed by atoms with Gasteiger partial charge in [0, 0.05) is 37.0 Å². The summed E-state index contributed by atoms with van der Waals surface area (Å²) in [5, 5.41) is 9.65. The summed E-state index contributed by atoms with van der Waals surface area (Å²) in [7, 11) is 1.58. The monoisotopic (exact) mass is 408 g/mol. The van der Waals surface area contributed by atoms with E-state index in [2.05, 4.69) is 20.7 Å². The van der Waals surface area contributed by atoms with E-state index in [1.807, 2.05) is 26.0 Å². The second-order valence-electron chi connectivity index (χ2n) is 6.97. The number of rotatable bonds is 7. The van der Waals surface area contributed by atoms with Crippen molar-refractivity contribution in [2.24, 2.45) is 5.73 Å². The highest BCUT2D eigenvalue weighted by Crippen LogP contribution is 2.18. The number of hydrogen-bond donors (Lipinski definition) is 3. The van der Waals surface area contributed by atoms with E-state index in [4.69, 9.17) is 5.73 Å². The molecule has 3 aromatic rings. The van der Waals surface area contributed by atoms with Crippen LogP contribution < -0.4 is 16.4 Å². The first kappa shape index (κ1) is 21.0. The zero-order valence-electron chi connectivity index (χ0n) is 17.2. The lowest BCUT2D eigenvalue weighted by molar-refractivity contribution is -0.121. The van der Waals surface area contributed by atoms with Gasteiger partial charge in [-0.1, -0.05) is 12.1 Å². The van der Waals surface area contributed by atoms with E-state index < -0.39 is 5.91 Å². The number of nitrogens with zero attached hydrogens (tertiary/aromatic N) is 3.